The molecule has 2 aromatic rings. The Morgan fingerprint density at radius 1 is 1.24 bits per heavy atom. The molecule has 2 aliphatic rings. The molecule has 0 saturated carbocycles. The molecule has 7 heteroatoms. The topological polar surface area (TPSA) is 83.9 Å². The van der Waals surface area contributed by atoms with Crippen LogP contribution in [0.5, 0.6) is 0 Å². The average Bonchev–Trinajstić information content (AvgIpc) is 3.16. The number of hydrogen-bond acceptors (Lipinski definition) is 5. The number of amides is 2. The predicted molar refractivity (Wildman–Crippen MR) is 108 cm³/mol. The molecule has 1 fully saturated rings. The molecule has 0 aliphatic carbocycles. The van der Waals surface area contributed by atoms with Crippen molar-refractivity contribution >= 4 is 17.5 Å². The molecule has 2 aliphatic heterocycles. The van der Waals surface area contributed by atoms with Gasteiger partial charge in [0.1, 0.15) is 5.71 Å². The number of nitrogens with one attached hydrogen (secondary N) is 1. The van der Waals surface area contributed by atoms with Gasteiger partial charge in [-0.3, -0.25) is 14.6 Å². The van der Waals surface area contributed by atoms with E-state index in [0.717, 1.165) is 24.0 Å². The number of nitrogens with zero attached hydrogens (tertiary/aromatic N) is 3. The lowest BCUT2D eigenvalue weighted by Crippen LogP contribution is -2.51. The first-order chi connectivity index (χ1) is 14.0. The third-order valence-electron chi connectivity index (χ3n) is 5.40. The van der Waals surface area contributed by atoms with Gasteiger partial charge in [0, 0.05) is 37.5 Å². The zero-order valence-electron chi connectivity index (χ0n) is 16.4. The van der Waals surface area contributed by atoms with Crippen molar-refractivity contribution in [1.82, 2.24) is 15.2 Å². The van der Waals surface area contributed by atoms with E-state index in [0.29, 0.717) is 37.3 Å². The van der Waals surface area contributed by atoms with E-state index in [1.165, 1.54) is 0 Å². The second-order valence-corrected chi connectivity index (χ2v) is 7.73. The smallest absolute Gasteiger partial charge is 0.269 e. The fraction of sp³-hybridized carbons (Fsp3) is 0.364. The highest BCUT2D eigenvalue weighted by Gasteiger charge is 2.45. The monoisotopic (exact) mass is 392 g/mol. The van der Waals surface area contributed by atoms with Gasteiger partial charge in [0.25, 0.3) is 11.8 Å². The van der Waals surface area contributed by atoms with Gasteiger partial charge in [0.2, 0.25) is 0 Å². The quantitative estimate of drug-likeness (QED) is 0.866. The molecule has 150 valence electrons. The van der Waals surface area contributed by atoms with Crippen LogP contribution in [-0.2, 0) is 16.2 Å². The largest absolute Gasteiger partial charge is 0.386 e. The maximum Gasteiger partial charge on any atom is 0.269 e. The summed E-state index contributed by atoms with van der Waals surface area (Å²) in [4.78, 5) is 36.9. The fourth-order valence-corrected chi connectivity index (χ4v) is 3.80. The molecule has 2 amide bonds. The van der Waals surface area contributed by atoms with Gasteiger partial charge in [0.15, 0.2) is 5.60 Å². The summed E-state index contributed by atoms with van der Waals surface area (Å²) >= 11 is 0. The molecule has 1 atom stereocenters. The number of hydrogen-bond donors (Lipinski definition) is 1. The van der Waals surface area contributed by atoms with Gasteiger partial charge in [-0.1, -0.05) is 28.9 Å². The summed E-state index contributed by atoms with van der Waals surface area (Å²) < 4.78 is 0. The molecule has 7 nitrogen and oxygen atoms in total. The van der Waals surface area contributed by atoms with Crippen molar-refractivity contribution in [3.8, 4) is 0 Å². The molecule has 3 heterocycles. The van der Waals surface area contributed by atoms with Gasteiger partial charge in [-0.05, 0) is 43.5 Å². The Balaban J connectivity index is 1.36. The molecule has 0 radical (unpaired) electrons. The van der Waals surface area contributed by atoms with Crippen molar-refractivity contribution in [3.05, 3.63) is 65.5 Å². The van der Waals surface area contributed by atoms with Crippen LogP contribution in [0.25, 0.3) is 0 Å². The minimum Gasteiger partial charge on any atom is -0.386 e. The third kappa shape index (κ3) is 4.29. The second-order valence-electron chi connectivity index (χ2n) is 7.73. The molecule has 29 heavy (non-hydrogen) atoms. The van der Waals surface area contributed by atoms with Crippen molar-refractivity contribution in [3.63, 3.8) is 0 Å². The Labute approximate surface area is 169 Å². The van der Waals surface area contributed by atoms with E-state index < -0.39 is 5.60 Å². The number of oxime groups is 1. The zero-order valence-corrected chi connectivity index (χ0v) is 16.4. The van der Waals surface area contributed by atoms with Crippen molar-refractivity contribution in [2.24, 2.45) is 5.16 Å². The van der Waals surface area contributed by atoms with Gasteiger partial charge in [-0.2, -0.15) is 0 Å². The first-order valence-corrected chi connectivity index (χ1v) is 9.83. The van der Waals surface area contributed by atoms with E-state index in [4.69, 9.17) is 4.84 Å². The predicted octanol–water partition coefficient (Wildman–Crippen LogP) is 2.46. The first kappa shape index (κ1) is 19.1. The summed E-state index contributed by atoms with van der Waals surface area (Å²) in [6, 6.07) is 11.3. The maximum absolute atomic E-state index is 12.9. The first-order valence-electron chi connectivity index (χ1n) is 9.83. The van der Waals surface area contributed by atoms with E-state index in [-0.39, 0.29) is 11.8 Å². The number of aryl methyl sites for hydroxylation is 1. The van der Waals surface area contributed by atoms with Gasteiger partial charge < -0.3 is 15.1 Å². The Hall–Kier alpha value is -3.22. The number of carbonyl (C=O) groups is 2. The number of pyridine rings is 1. The number of benzene rings is 1. The molecular weight excluding hydrogens is 368 g/mol. The third-order valence-corrected chi connectivity index (χ3v) is 5.40. The molecule has 1 aromatic heterocycles. The highest BCUT2D eigenvalue weighted by Crippen LogP contribution is 2.34. The van der Waals surface area contributed by atoms with Crippen LogP contribution in [-0.4, -0.2) is 46.1 Å². The maximum atomic E-state index is 12.9. The summed E-state index contributed by atoms with van der Waals surface area (Å²) in [7, 11) is 0. The van der Waals surface area contributed by atoms with Gasteiger partial charge >= 0.3 is 0 Å². The lowest BCUT2D eigenvalue weighted by Gasteiger charge is -2.38. The highest BCUT2D eigenvalue weighted by molar-refractivity contribution is 6.39. The van der Waals surface area contributed by atoms with E-state index in [2.05, 4.69) is 15.5 Å². The highest BCUT2D eigenvalue weighted by atomic mass is 16.7. The number of rotatable bonds is 4. The summed E-state index contributed by atoms with van der Waals surface area (Å²) in [6.07, 6.45) is 5.40. The summed E-state index contributed by atoms with van der Waals surface area (Å²) in [5.41, 5.74) is 2.47. The SMILES string of the molecule is Cc1ccc(C(=O)N2CCCC3(CC(C(=O)NCc4cccnc4)=NO3)C2)cc1. The fourth-order valence-electron chi connectivity index (χ4n) is 3.80. The van der Waals surface area contributed by atoms with Crippen LogP contribution in [0.15, 0.2) is 53.9 Å². The number of likely N-dealkylation sites (tertiary alicyclic amines) is 1. The van der Waals surface area contributed by atoms with E-state index in [1.54, 1.807) is 17.3 Å². The molecule has 4 rings (SSSR count). The molecule has 1 saturated heterocycles. The molecule has 0 bridgehead atoms. The molecule has 1 unspecified atom stereocenters. The van der Waals surface area contributed by atoms with Crippen molar-refractivity contribution in [2.45, 2.75) is 38.3 Å². The second kappa shape index (κ2) is 8.03. The van der Waals surface area contributed by atoms with E-state index >= 15 is 0 Å². The summed E-state index contributed by atoms with van der Waals surface area (Å²) in [6.45, 7) is 3.49. The van der Waals surface area contributed by atoms with Crippen LogP contribution in [0.4, 0.5) is 0 Å². The number of aromatic nitrogens is 1. The molecule has 1 spiro atoms. The summed E-state index contributed by atoms with van der Waals surface area (Å²) in [5.74, 6) is -0.255. The van der Waals surface area contributed by atoms with Crippen LogP contribution in [0.2, 0.25) is 0 Å². The van der Waals surface area contributed by atoms with E-state index in [1.807, 2.05) is 43.3 Å². The van der Waals surface area contributed by atoms with Gasteiger partial charge in [0.05, 0.1) is 6.54 Å². The van der Waals surface area contributed by atoms with E-state index in [9.17, 15) is 9.59 Å². The van der Waals surface area contributed by atoms with Gasteiger partial charge in [-0.15, -0.1) is 0 Å². The lowest BCUT2D eigenvalue weighted by molar-refractivity contribution is -0.115. The Morgan fingerprint density at radius 2 is 2.07 bits per heavy atom. The van der Waals surface area contributed by atoms with Crippen LogP contribution in [0.1, 0.15) is 40.7 Å². The van der Waals surface area contributed by atoms with Crippen LogP contribution < -0.4 is 5.32 Å². The Morgan fingerprint density at radius 3 is 2.83 bits per heavy atom. The molecule has 1 N–H and O–H groups in total. The van der Waals surface area contributed by atoms with Crippen LogP contribution in [0, 0.1) is 6.92 Å². The number of carbonyl (C=O) groups excluding carboxylic acids is 2. The zero-order chi connectivity index (χ0) is 20.3. The Kier molecular flexibility index (Phi) is 5.29. The lowest BCUT2D eigenvalue weighted by atomic mass is 9.87. The molecule has 1 aromatic carbocycles. The molecular formula is C22H24N4O3. The normalized spacial score (nSPS) is 20.9. The van der Waals surface area contributed by atoms with Crippen LogP contribution >= 0.6 is 0 Å². The Bertz CT molecular complexity index is 927. The van der Waals surface area contributed by atoms with Crippen molar-refractivity contribution in [1.29, 1.82) is 0 Å². The van der Waals surface area contributed by atoms with Crippen LogP contribution in [0.3, 0.4) is 0 Å². The average molecular weight is 392 g/mol. The van der Waals surface area contributed by atoms with Crippen molar-refractivity contribution in [2.75, 3.05) is 13.1 Å². The van der Waals surface area contributed by atoms with Crippen molar-refractivity contribution < 1.29 is 14.4 Å². The van der Waals surface area contributed by atoms with Gasteiger partial charge in [-0.25, -0.2) is 0 Å². The minimum absolute atomic E-state index is 0.0119. The number of piperidine rings is 1. The summed E-state index contributed by atoms with van der Waals surface area (Å²) in [5, 5.41) is 6.91. The standard InChI is InChI=1S/C22H24N4O3/c1-16-5-7-18(8-6-16)21(28)26-11-3-9-22(15-26)12-19(25-29-22)20(27)24-14-17-4-2-10-23-13-17/h2,4-8,10,13H,3,9,11-12,14-15H2,1H3,(H,24,27). The minimum atomic E-state index is -0.612.